The molecule has 0 saturated heterocycles. The average molecular weight is 469 g/mol. The van der Waals surface area contributed by atoms with Crippen molar-refractivity contribution in [1.29, 1.82) is 0 Å². The maximum atomic E-state index is 10.4. The summed E-state index contributed by atoms with van der Waals surface area (Å²) in [6, 6.07) is 0.286. The summed E-state index contributed by atoms with van der Waals surface area (Å²) in [5.41, 5.74) is 6.53. The Morgan fingerprint density at radius 2 is 1.40 bits per heavy atom. The molecule has 0 amide bonds. The Bertz CT molecular complexity index is 273. The Kier molecular flexibility index (Phi) is 13.8. The van der Waals surface area contributed by atoms with Crippen molar-refractivity contribution in [2.75, 3.05) is 0 Å². The van der Waals surface area contributed by atoms with E-state index in [0.29, 0.717) is 0 Å². The number of carboxylic acid groups (broad SMARTS) is 2. The molecule has 0 spiro atoms. The van der Waals surface area contributed by atoms with Crippen LogP contribution in [0.4, 0.5) is 0 Å². The smallest absolute Gasteiger partial charge is 0.693 e. The Morgan fingerprint density at radius 3 is 1.50 bits per heavy atom. The van der Waals surface area contributed by atoms with Gasteiger partial charge < -0.3 is 22.1 Å². The standard InChI is InChI=1S/C7H12O4.C6H12N.H2N.Pt/c1-7(2,3)4(5(8)9)6(10)11;7-6-4-2-1-3-5-6;;/h4H,1-3H3,(H,8,9)(H,10,11);6-7H,1-5H2;1H2;/q;2*-1;+2. The molecule has 0 aliphatic heterocycles. The number of aliphatic carboxylic acids is 2. The zero-order valence-electron chi connectivity index (χ0n) is 12.3. The summed E-state index contributed by atoms with van der Waals surface area (Å²) in [4.78, 5) is 20.8. The first-order chi connectivity index (χ1) is 8.16. The molecule has 7 heteroatoms. The summed E-state index contributed by atoms with van der Waals surface area (Å²) in [5.74, 6) is -3.91. The van der Waals surface area contributed by atoms with Crippen molar-refractivity contribution in [2.24, 2.45) is 11.3 Å². The Hall–Kier alpha value is -0.452. The molecular weight excluding hydrogens is 443 g/mol. The van der Waals surface area contributed by atoms with Crippen molar-refractivity contribution in [3.05, 3.63) is 11.9 Å². The minimum Gasteiger partial charge on any atom is -0.693 e. The van der Waals surface area contributed by atoms with Gasteiger partial charge in [-0.3, -0.25) is 9.59 Å². The van der Waals surface area contributed by atoms with Crippen LogP contribution in [0.1, 0.15) is 52.9 Å². The van der Waals surface area contributed by atoms with Gasteiger partial charge in [0.1, 0.15) is 0 Å². The largest absolute Gasteiger partial charge is 2.00 e. The zero-order chi connectivity index (χ0) is 14.3. The van der Waals surface area contributed by atoms with Crippen molar-refractivity contribution in [3.8, 4) is 0 Å². The van der Waals surface area contributed by atoms with E-state index in [-0.39, 0.29) is 33.3 Å². The third-order valence-corrected chi connectivity index (χ3v) is 2.97. The van der Waals surface area contributed by atoms with E-state index in [0.717, 1.165) is 12.8 Å². The molecule has 0 bridgehead atoms. The predicted octanol–water partition coefficient (Wildman–Crippen LogP) is 3.90. The molecule has 1 rings (SSSR count). The third kappa shape index (κ3) is 10.3. The molecule has 1 aliphatic carbocycles. The molecule has 5 N–H and O–H groups in total. The molecule has 1 fully saturated rings. The van der Waals surface area contributed by atoms with Crippen LogP contribution >= 0.6 is 0 Å². The van der Waals surface area contributed by atoms with Gasteiger partial charge in [-0.25, -0.2) is 0 Å². The summed E-state index contributed by atoms with van der Waals surface area (Å²) in [6.07, 6.45) is 6.28. The summed E-state index contributed by atoms with van der Waals surface area (Å²) in [6.45, 7) is 4.75. The molecule has 0 radical (unpaired) electrons. The molecule has 0 heterocycles. The van der Waals surface area contributed by atoms with Gasteiger partial charge in [-0.15, -0.1) is 6.04 Å². The topological polar surface area (TPSA) is 132 Å². The first-order valence-corrected chi connectivity index (χ1v) is 6.33. The fourth-order valence-corrected chi connectivity index (χ4v) is 1.95. The second kappa shape index (κ2) is 11.2. The van der Waals surface area contributed by atoms with E-state index in [1.807, 2.05) is 0 Å². The van der Waals surface area contributed by atoms with Crippen molar-refractivity contribution in [2.45, 2.75) is 58.9 Å². The van der Waals surface area contributed by atoms with E-state index < -0.39 is 23.3 Å². The summed E-state index contributed by atoms with van der Waals surface area (Å²) >= 11 is 0. The maximum absolute atomic E-state index is 10.4. The van der Waals surface area contributed by atoms with Gasteiger partial charge in [0.15, 0.2) is 5.92 Å². The van der Waals surface area contributed by atoms with Crippen molar-refractivity contribution in [3.63, 3.8) is 0 Å². The van der Waals surface area contributed by atoms with Crippen LogP contribution in [0.3, 0.4) is 0 Å². The minimum absolute atomic E-state index is 0. The first kappa shape index (κ1) is 24.6. The molecule has 0 atom stereocenters. The predicted molar refractivity (Wildman–Crippen MR) is 74.7 cm³/mol. The molecule has 20 heavy (non-hydrogen) atoms. The summed E-state index contributed by atoms with van der Waals surface area (Å²) in [7, 11) is 0. The van der Waals surface area contributed by atoms with E-state index in [1.165, 1.54) is 19.3 Å². The van der Waals surface area contributed by atoms with Gasteiger partial charge in [0.05, 0.1) is 0 Å². The van der Waals surface area contributed by atoms with Gasteiger partial charge in [-0.05, 0) is 5.41 Å². The quantitative estimate of drug-likeness (QED) is 0.594. The van der Waals surface area contributed by atoms with Gasteiger partial charge in [-0.2, -0.15) is 0 Å². The number of hydrogen-bond donors (Lipinski definition) is 2. The third-order valence-electron chi connectivity index (χ3n) is 2.97. The number of hydrogen-bond acceptors (Lipinski definition) is 2. The SMILES string of the molecule is CC(C)(C)C(C(=O)O)C(=O)O.[NH-]C1CCCCC1.[NH2-].[Pt+2]. The first-order valence-electron chi connectivity index (χ1n) is 6.33. The van der Waals surface area contributed by atoms with Crippen LogP contribution in [0.5, 0.6) is 0 Å². The van der Waals surface area contributed by atoms with Crippen molar-refractivity contribution >= 4 is 11.9 Å². The Labute approximate surface area is 135 Å². The fourth-order valence-electron chi connectivity index (χ4n) is 1.95. The number of nitrogens with two attached hydrogens (primary N) is 1. The van der Waals surface area contributed by atoms with E-state index in [9.17, 15) is 9.59 Å². The number of carbonyl (C=O) groups is 2. The van der Waals surface area contributed by atoms with E-state index in [2.05, 4.69) is 0 Å². The van der Waals surface area contributed by atoms with Crippen LogP contribution in [-0.4, -0.2) is 28.2 Å². The van der Waals surface area contributed by atoms with Crippen molar-refractivity contribution in [1.82, 2.24) is 0 Å². The molecular formula is C13H26N2O4Pt. The van der Waals surface area contributed by atoms with Crippen LogP contribution in [0.25, 0.3) is 11.9 Å². The van der Waals surface area contributed by atoms with E-state index in [1.54, 1.807) is 20.8 Å². The Morgan fingerprint density at radius 1 is 1.05 bits per heavy atom. The van der Waals surface area contributed by atoms with E-state index in [4.69, 9.17) is 15.9 Å². The van der Waals surface area contributed by atoms with Gasteiger partial charge >= 0.3 is 33.0 Å². The second-order valence-corrected chi connectivity index (χ2v) is 5.81. The summed E-state index contributed by atoms with van der Waals surface area (Å²) < 4.78 is 0. The molecule has 0 aromatic heterocycles. The monoisotopic (exact) mass is 469 g/mol. The average Bonchev–Trinajstić information content (AvgIpc) is 2.15. The minimum atomic E-state index is -1.33. The summed E-state index contributed by atoms with van der Waals surface area (Å²) in [5, 5.41) is 17.0. The molecule has 0 aromatic rings. The maximum Gasteiger partial charge on any atom is 2.00 e. The number of nitrogens with one attached hydrogen (secondary N) is 1. The zero-order valence-corrected chi connectivity index (χ0v) is 14.6. The van der Waals surface area contributed by atoms with Crippen LogP contribution in [0.15, 0.2) is 0 Å². The fraction of sp³-hybridized carbons (Fsp3) is 0.846. The van der Waals surface area contributed by atoms with Gasteiger partial charge in [0, 0.05) is 0 Å². The Balaban J connectivity index is -0.000000280. The normalized spacial score (nSPS) is 15.2. The van der Waals surface area contributed by atoms with Crippen LogP contribution in [-0.2, 0) is 30.7 Å². The molecule has 122 valence electrons. The van der Waals surface area contributed by atoms with Crippen LogP contribution in [0, 0.1) is 11.3 Å². The van der Waals surface area contributed by atoms with Crippen LogP contribution < -0.4 is 0 Å². The van der Waals surface area contributed by atoms with Gasteiger partial charge in [-0.1, -0.05) is 52.9 Å². The van der Waals surface area contributed by atoms with Crippen molar-refractivity contribution < 1.29 is 40.9 Å². The molecule has 6 nitrogen and oxygen atoms in total. The molecule has 1 saturated carbocycles. The van der Waals surface area contributed by atoms with Crippen LogP contribution in [0.2, 0.25) is 0 Å². The molecule has 1 aliphatic rings. The van der Waals surface area contributed by atoms with Gasteiger partial charge in [0.2, 0.25) is 0 Å². The molecule has 0 unspecified atom stereocenters. The van der Waals surface area contributed by atoms with E-state index >= 15 is 0 Å². The van der Waals surface area contributed by atoms with Gasteiger partial charge in [0.25, 0.3) is 0 Å². The number of carboxylic acids is 2. The number of rotatable bonds is 2. The molecule has 0 aromatic carbocycles. The second-order valence-electron chi connectivity index (χ2n) is 5.81.